The Hall–Kier alpha value is -2.92. The summed E-state index contributed by atoms with van der Waals surface area (Å²) < 4.78 is 68.8. The fourth-order valence-corrected chi connectivity index (χ4v) is 6.66. The molecule has 1 N–H and O–H groups in total. The van der Waals surface area contributed by atoms with Crippen LogP contribution < -0.4 is 0 Å². The lowest BCUT2D eigenvalue weighted by atomic mass is 9.67. The summed E-state index contributed by atoms with van der Waals surface area (Å²) in [5.41, 5.74) is -3.50. The van der Waals surface area contributed by atoms with Gasteiger partial charge in [0, 0.05) is 25.1 Å². The molecule has 4 aliphatic rings. The van der Waals surface area contributed by atoms with Gasteiger partial charge in [0.1, 0.15) is 11.8 Å². The van der Waals surface area contributed by atoms with Crippen molar-refractivity contribution in [1.82, 2.24) is 9.80 Å². The van der Waals surface area contributed by atoms with Crippen LogP contribution in [0.2, 0.25) is 0 Å². The lowest BCUT2D eigenvalue weighted by molar-refractivity contribution is -0.256. The molecule has 1 unspecified atom stereocenters. The summed E-state index contributed by atoms with van der Waals surface area (Å²) >= 11 is 0. The second-order valence-corrected chi connectivity index (χ2v) is 12.1. The molecule has 3 fully saturated rings. The first-order chi connectivity index (χ1) is 20.0. The van der Waals surface area contributed by atoms with Crippen molar-refractivity contribution in [2.24, 2.45) is 11.3 Å². The van der Waals surface area contributed by atoms with Gasteiger partial charge in [-0.05, 0) is 56.3 Å². The molecule has 3 atom stereocenters. The van der Waals surface area contributed by atoms with E-state index >= 15 is 4.39 Å². The fraction of sp³-hybridized carbons (Fsp3) is 0.613. The number of alkyl halides is 4. The highest BCUT2D eigenvalue weighted by atomic mass is 19.4. The van der Waals surface area contributed by atoms with E-state index < -0.39 is 41.3 Å². The maximum absolute atomic E-state index is 17.1. The average molecular weight is 595 g/mol. The number of methoxy groups -OCH3 is 1. The van der Waals surface area contributed by atoms with Crippen LogP contribution in [0.3, 0.4) is 0 Å². The summed E-state index contributed by atoms with van der Waals surface area (Å²) in [7, 11) is 1.18. The van der Waals surface area contributed by atoms with E-state index in [1.54, 1.807) is 36.4 Å². The van der Waals surface area contributed by atoms with Crippen LogP contribution in [0.25, 0.3) is 5.57 Å². The standard InChI is InChI=1S/C31H38F4N2O5/c1-41-27(39)26-16-23(38)18-37(26)28(40)30(32)17-24(8-9-25(30)22-6-3-2-4-7-22)42-19-21-10-14-36(15-11-21)20-29(12-5-13-29)31(33,34)35/h2-4,6-9,21,23,26,38H,5,10-20H2,1H3/t23-,26+,30?/m1/s1. The summed E-state index contributed by atoms with van der Waals surface area (Å²) in [6.07, 6.45) is -0.129. The lowest BCUT2D eigenvalue weighted by Gasteiger charge is -2.47. The molecule has 2 aliphatic carbocycles. The highest BCUT2D eigenvalue weighted by Crippen LogP contribution is 2.53. The molecule has 42 heavy (non-hydrogen) atoms. The summed E-state index contributed by atoms with van der Waals surface area (Å²) in [4.78, 5) is 29.1. The number of rotatable bonds is 8. The van der Waals surface area contributed by atoms with Gasteiger partial charge in [-0.1, -0.05) is 42.8 Å². The van der Waals surface area contributed by atoms with E-state index in [2.05, 4.69) is 0 Å². The van der Waals surface area contributed by atoms with Gasteiger partial charge in [0.25, 0.3) is 5.91 Å². The molecule has 1 aromatic rings. The quantitative estimate of drug-likeness (QED) is 0.349. The number of nitrogens with zero attached hydrogens (tertiary/aromatic N) is 2. The zero-order valence-electron chi connectivity index (χ0n) is 23.7. The number of hydrogen-bond acceptors (Lipinski definition) is 6. The highest BCUT2D eigenvalue weighted by molar-refractivity contribution is 6.02. The number of hydrogen-bond donors (Lipinski definition) is 1. The smallest absolute Gasteiger partial charge is 0.395 e. The molecule has 2 aliphatic heterocycles. The Morgan fingerprint density at radius 1 is 1.10 bits per heavy atom. The summed E-state index contributed by atoms with van der Waals surface area (Å²) in [5, 5.41) is 10.2. The predicted octanol–water partition coefficient (Wildman–Crippen LogP) is 4.66. The van der Waals surface area contributed by atoms with E-state index in [4.69, 9.17) is 9.47 Å². The van der Waals surface area contributed by atoms with Crippen molar-refractivity contribution < 1.29 is 41.7 Å². The van der Waals surface area contributed by atoms with Gasteiger partial charge in [-0.15, -0.1) is 0 Å². The third-order valence-electron chi connectivity index (χ3n) is 9.37. The summed E-state index contributed by atoms with van der Waals surface area (Å²) in [6, 6.07) is 7.56. The SMILES string of the molecule is COC(=O)[C@@H]1C[C@@H](O)CN1C(=O)C1(F)CC(OCC2CCN(CC3(C(F)(F)F)CCC3)CC2)=CC=C1c1ccccc1. The Balaban J connectivity index is 1.26. The van der Waals surface area contributed by atoms with Gasteiger partial charge in [0.15, 0.2) is 0 Å². The number of allylic oxidation sites excluding steroid dienone is 3. The van der Waals surface area contributed by atoms with Crippen LogP contribution in [0.5, 0.6) is 0 Å². The maximum atomic E-state index is 17.1. The van der Waals surface area contributed by atoms with Gasteiger partial charge in [-0.3, -0.25) is 4.79 Å². The number of piperidine rings is 1. The van der Waals surface area contributed by atoms with Crippen molar-refractivity contribution in [3.05, 3.63) is 53.8 Å². The van der Waals surface area contributed by atoms with Gasteiger partial charge in [-0.25, -0.2) is 9.18 Å². The van der Waals surface area contributed by atoms with Crippen LogP contribution in [0.4, 0.5) is 17.6 Å². The number of benzene rings is 1. The number of aliphatic hydroxyl groups is 1. The molecule has 230 valence electrons. The Morgan fingerprint density at radius 3 is 2.38 bits per heavy atom. The van der Waals surface area contributed by atoms with Gasteiger partial charge in [0.05, 0.1) is 31.7 Å². The molecular weight excluding hydrogens is 556 g/mol. The molecule has 1 amide bonds. The molecule has 1 saturated carbocycles. The number of carbonyl (C=O) groups excluding carboxylic acids is 2. The average Bonchev–Trinajstić information content (AvgIpc) is 3.34. The molecular formula is C31H38F4N2O5. The van der Waals surface area contributed by atoms with Gasteiger partial charge in [0.2, 0.25) is 5.67 Å². The normalized spacial score (nSPS) is 28.5. The molecule has 0 radical (unpaired) electrons. The maximum Gasteiger partial charge on any atom is 0.395 e. The Labute approximate surface area is 243 Å². The number of ether oxygens (including phenoxy) is 2. The Morgan fingerprint density at radius 2 is 1.79 bits per heavy atom. The third-order valence-corrected chi connectivity index (χ3v) is 9.37. The zero-order valence-corrected chi connectivity index (χ0v) is 23.7. The minimum atomic E-state index is -4.19. The molecule has 0 spiro atoms. The van der Waals surface area contributed by atoms with Crippen LogP contribution in [0, 0.1) is 11.3 Å². The van der Waals surface area contributed by atoms with Gasteiger partial charge < -0.3 is 24.4 Å². The number of esters is 1. The molecule has 0 bridgehead atoms. The van der Waals surface area contributed by atoms with Gasteiger partial charge >= 0.3 is 12.1 Å². The van der Waals surface area contributed by atoms with Crippen molar-refractivity contribution in [3.63, 3.8) is 0 Å². The number of likely N-dealkylation sites (tertiary alicyclic amines) is 2. The third kappa shape index (κ3) is 5.95. The Bertz CT molecular complexity index is 1210. The van der Waals surface area contributed by atoms with E-state index in [9.17, 15) is 27.9 Å². The number of halogens is 4. The highest BCUT2D eigenvalue weighted by Gasteiger charge is 2.58. The predicted molar refractivity (Wildman–Crippen MR) is 147 cm³/mol. The molecule has 11 heteroatoms. The van der Waals surface area contributed by atoms with E-state index in [-0.39, 0.29) is 62.6 Å². The van der Waals surface area contributed by atoms with Crippen molar-refractivity contribution in [2.75, 3.05) is 39.9 Å². The number of aliphatic hydroxyl groups excluding tert-OH is 1. The first-order valence-corrected chi connectivity index (χ1v) is 14.6. The first kappa shape index (κ1) is 30.5. The van der Waals surface area contributed by atoms with E-state index in [1.165, 1.54) is 13.2 Å². The monoisotopic (exact) mass is 594 g/mol. The van der Waals surface area contributed by atoms with E-state index in [0.29, 0.717) is 37.9 Å². The molecule has 7 nitrogen and oxygen atoms in total. The molecule has 0 aromatic heterocycles. The second kappa shape index (κ2) is 12.0. The topological polar surface area (TPSA) is 79.3 Å². The number of amides is 1. The minimum Gasteiger partial charge on any atom is -0.497 e. The van der Waals surface area contributed by atoms with Crippen LogP contribution in [0.15, 0.2) is 48.2 Å². The lowest BCUT2D eigenvalue weighted by Crippen LogP contribution is -2.53. The van der Waals surface area contributed by atoms with Crippen molar-refractivity contribution in [2.45, 2.75) is 68.9 Å². The van der Waals surface area contributed by atoms with E-state index in [1.807, 2.05) is 4.90 Å². The van der Waals surface area contributed by atoms with Crippen LogP contribution in [-0.2, 0) is 19.1 Å². The van der Waals surface area contributed by atoms with Crippen LogP contribution >= 0.6 is 0 Å². The second-order valence-electron chi connectivity index (χ2n) is 12.1. The molecule has 2 saturated heterocycles. The Kier molecular flexibility index (Phi) is 8.72. The van der Waals surface area contributed by atoms with Crippen molar-refractivity contribution >= 4 is 17.4 Å². The molecule has 2 heterocycles. The first-order valence-electron chi connectivity index (χ1n) is 14.6. The summed E-state index contributed by atoms with van der Waals surface area (Å²) in [6.45, 7) is 1.18. The van der Waals surface area contributed by atoms with Crippen LogP contribution in [-0.4, -0.2) is 90.7 Å². The van der Waals surface area contributed by atoms with Crippen molar-refractivity contribution in [1.29, 1.82) is 0 Å². The van der Waals surface area contributed by atoms with Crippen LogP contribution in [0.1, 0.15) is 50.5 Å². The zero-order chi connectivity index (χ0) is 30.1. The molecule has 1 aromatic carbocycles. The summed E-state index contributed by atoms with van der Waals surface area (Å²) in [5.74, 6) is -1.30. The number of β-amino-alcohol motifs (C(OH)–C–C–N with tert-alkyl or cyclic N) is 1. The van der Waals surface area contributed by atoms with Crippen molar-refractivity contribution in [3.8, 4) is 0 Å². The number of carbonyl (C=O) groups is 2. The minimum absolute atomic E-state index is 0.0343. The molecule has 5 rings (SSSR count). The largest absolute Gasteiger partial charge is 0.497 e. The fourth-order valence-electron chi connectivity index (χ4n) is 6.66. The van der Waals surface area contributed by atoms with E-state index in [0.717, 1.165) is 4.90 Å². The van der Waals surface area contributed by atoms with Gasteiger partial charge in [-0.2, -0.15) is 13.2 Å².